The molecule has 4 rings (SSSR count). The number of carbonyl (C=O) groups is 2. The number of hydrogen-bond donors (Lipinski definition) is 1. The van der Waals surface area contributed by atoms with Crippen LogP contribution in [0.4, 0.5) is 5.69 Å². The van der Waals surface area contributed by atoms with Crippen LogP contribution in [0.15, 0.2) is 24.3 Å². The van der Waals surface area contributed by atoms with Gasteiger partial charge in [-0.2, -0.15) is 0 Å². The Kier molecular flexibility index (Phi) is 5.15. The highest BCUT2D eigenvalue weighted by Crippen LogP contribution is 2.52. The number of esters is 1. The Hall–Kier alpha value is -2.34. The fourth-order valence-electron chi connectivity index (χ4n) is 5.09. The molecule has 3 atom stereocenters. The Balaban J connectivity index is 1.64. The van der Waals surface area contributed by atoms with E-state index in [1.165, 1.54) is 23.6 Å². The van der Waals surface area contributed by atoms with Crippen molar-refractivity contribution in [2.45, 2.75) is 58.0 Å². The first-order chi connectivity index (χ1) is 13.5. The molecule has 2 aliphatic heterocycles. The zero-order valence-corrected chi connectivity index (χ0v) is 16.9. The van der Waals surface area contributed by atoms with Gasteiger partial charge >= 0.3 is 5.97 Å². The van der Waals surface area contributed by atoms with Crippen molar-refractivity contribution < 1.29 is 14.3 Å². The van der Waals surface area contributed by atoms with E-state index in [9.17, 15) is 9.59 Å². The number of carbonyl (C=O) groups excluding carboxylic acids is 2. The molecule has 2 unspecified atom stereocenters. The normalized spacial score (nSPS) is 25.6. The van der Waals surface area contributed by atoms with Crippen LogP contribution in [0.25, 0.3) is 5.57 Å². The second-order valence-corrected chi connectivity index (χ2v) is 8.01. The second-order valence-electron chi connectivity index (χ2n) is 8.01. The van der Waals surface area contributed by atoms with Crippen molar-refractivity contribution in [3.05, 3.63) is 35.4 Å². The van der Waals surface area contributed by atoms with Crippen molar-refractivity contribution in [1.82, 2.24) is 10.3 Å². The van der Waals surface area contributed by atoms with E-state index in [1.807, 2.05) is 5.01 Å². The zero-order valence-electron chi connectivity index (χ0n) is 16.9. The molecule has 0 spiro atoms. The number of rotatable bonds is 5. The van der Waals surface area contributed by atoms with Crippen LogP contribution in [0.5, 0.6) is 0 Å². The highest BCUT2D eigenvalue weighted by Gasteiger charge is 2.45. The molecular weight excluding hydrogens is 354 g/mol. The average molecular weight is 383 g/mol. The first-order valence-corrected chi connectivity index (χ1v) is 10.3. The lowest BCUT2D eigenvalue weighted by molar-refractivity contribution is -0.146. The smallest absolute Gasteiger partial charge is 0.303 e. The predicted molar refractivity (Wildman–Crippen MR) is 109 cm³/mol. The lowest BCUT2D eigenvalue weighted by Gasteiger charge is -2.42. The highest BCUT2D eigenvalue weighted by atomic mass is 16.5. The van der Waals surface area contributed by atoms with Crippen LogP contribution in [0, 0.1) is 0 Å². The maximum absolute atomic E-state index is 12.3. The van der Waals surface area contributed by atoms with E-state index < -0.39 is 5.97 Å². The van der Waals surface area contributed by atoms with Gasteiger partial charge in [-0.05, 0) is 55.5 Å². The Morgan fingerprint density at radius 1 is 1.32 bits per heavy atom. The molecular formula is C22H29N3O3. The molecule has 6 heteroatoms. The lowest BCUT2D eigenvalue weighted by Crippen LogP contribution is -2.49. The van der Waals surface area contributed by atoms with Crippen molar-refractivity contribution in [2.24, 2.45) is 0 Å². The predicted octanol–water partition coefficient (Wildman–Crippen LogP) is 2.84. The summed E-state index contributed by atoms with van der Waals surface area (Å²) in [6.07, 6.45) is 5.75. The van der Waals surface area contributed by atoms with E-state index in [0.717, 1.165) is 38.0 Å². The fourth-order valence-corrected chi connectivity index (χ4v) is 5.09. The summed E-state index contributed by atoms with van der Waals surface area (Å²) in [6, 6.07) is 7.01. The SMILES string of the molecule is CCCN1CCC=C2c3cccc4c3C(C[C@H]21)C(C)N4NC(=O)COC(C)=O. The number of amides is 1. The van der Waals surface area contributed by atoms with E-state index in [2.05, 4.69) is 48.4 Å². The van der Waals surface area contributed by atoms with Gasteiger partial charge in [0.15, 0.2) is 6.61 Å². The summed E-state index contributed by atoms with van der Waals surface area (Å²) in [6.45, 7) is 7.72. The largest absolute Gasteiger partial charge is 0.456 e. The number of fused-ring (bicyclic) bond motifs is 2. The van der Waals surface area contributed by atoms with Crippen molar-refractivity contribution in [3.8, 4) is 0 Å². The summed E-state index contributed by atoms with van der Waals surface area (Å²) in [4.78, 5) is 25.9. The van der Waals surface area contributed by atoms with Gasteiger partial charge in [0.25, 0.3) is 5.91 Å². The minimum Gasteiger partial charge on any atom is -0.456 e. The van der Waals surface area contributed by atoms with Crippen molar-refractivity contribution in [2.75, 3.05) is 24.7 Å². The lowest BCUT2D eigenvalue weighted by atomic mass is 9.74. The van der Waals surface area contributed by atoms with Gasteiger partial charge in [0.05, 0.1) is 11.7 Å². The first-order valence-electron chi connectivity index (χ1n) is 10.3. The molecule has 0 aromatic heterocycles. The molecule has 0 saturated heterocycles. The first kappa shape index (κ1) is 19.0. The minimum atomic E-state index is -0.449. The molecule has 0 radical (unpaired) electrons. The van der Waals surface area contributed by atoms with E-state index in [0.29, 0.717) is 12.0 Å². The minimum absolute atomic E-state index is 0.157. The second kappa shape index (κ2) is 7.59. The number of anilines is 1. The number of nitrogens with zero attached hydrogens (tertiary/aromatic N) is 2. The van der Waals surface area contributed by atoms with Gasteiger partial charge in [0.1, 0.15) is 0 Å². The summed E-state index contributed by atoms with van der Waals surface area (Å²) in [5.74, 6) is -0.377. The molecule has 1 aromatic carbocycles. The van der Waals surface area contributed by atoms with Crippen LogP contribution in [0.1, 0.15) is 57.1 Å². The molecule has 0 fully saturated rings. The van der Waals surface area contributed by atoms with E-state index in [1.54, 1.807) is 0 Å². The third-order valence-corrected chi connectivity index (χ3v) is 6.23. The molecule has 0 bridgehead atoms. The molecule has 0 saturated carbocycles. The number of benzene rings is 1. The van der Waals surface area contributed by atoms with E-state index in [-0.39, 0.29) is 18.6 Å². The number of nitrogens with one attached hydrogen (secondary N) is 1. The van der Waals surface area contributed by atoms with E-state index >= 15 is 0 Å². The van der Waals surface area contributed by atoms with Gasteiger partial charge in [0.2, 0.25) is 0 Å². The van der Waals surface area contributed by atoms with Gasteiger partial charge in [-0.25, -0.2) is 0 Å². The maximum atomic E-state index is 12.3. The van der Waals surface area contributed by atoms with E-state index in [4.69, 9.17) is 4.74 Å². The number of ether oxygens (including phenoxy) is 1. The molecule has 1 amide bonds. The van der Waals surface area contributed by atoms with Crippen molar-refractivity contribution in [1.29, 1.82) is 0 Å². The Bertz CT molecular complexity index is 819. The van der Waals surface area contributed by atoms with Crippen molar-refractivity contribution in [3.63, 3.8) is 0 Å². The monoisotopic (exact) mass is 383 g/mol. The average Bonchev–Trinajstić information content (AvgIpc) is 2.94. The fraction of sp³-hybridized carbons (Fsp3) is 0.545. The Labute approximate surface area is 166 Å². The summed E-state index contributed by atoms with van der Waals surface area (Å²) in [5.41, 5.74) is 8.17. The third kappa shape index (κ3) is 3.20. The summed E-state index contributed by atoms with van der Waals surface area (Å²) < 4.78 is 4.85. The standard InChI is InChI=1S/C22H29N3O3/c1-4-10-24-11-6-8-16-17-7-5-9-19-22(17)18(12-20(16)24)14(2)25(19)23-21(27)13-28-15(3)26/h5,7-9,14,18,20H,4,6,10-13H2,1-3H3,(H,23,27)/t14?,18?,20-/m1/s1. The number of hydrogen-bond acceptors (Lipinski definition) is 5. The molecule has 1 aliphatic carbocycles. The third-order valence-electron chi connectivity index (χ3n) is 6.23. The van der Waals surface area contributed by atoms with Crippen LogP contribution in [0.3, 0.4) is 0 Å². The molecule has 28 heavy (non-hydrogen) atoms. The quantitative estimate of drug-likeness (QED) is 0.793. The van der Waals surface area contributed by atoms with Crippen LogP contribution in [-0.4, -0.2) is 48.6 Å². The molecule has 1 N–H and O–H groups in total. The molecule has 3 aliphatic rings. The Morgan fingerprint density at radius 2 is 2.14 bits per heavy atom. The summed E-state index contributed by atoms with van der Waals surface area (Å²) >= 11 is 0. The van der Waals surface area contributed by atoms with Gasteiger partial charge in [-0.3, -0.25) is 24.9 Å². The maximum Gasteiger partial charge on any atom is 0.303 e. The Morgan fingerprint density at radius 3 is 2.89 bits per heavy atom. The van der Waals surface area contributed by atoms with Gasteiger partial charge in [-0.15, -0.1) is 0 Å². The van der Waals surface area contributed by atoms with Gasteiger partial charge in [0, 0.05) is 25.4 Å². The van der Waals surface area contributed by atoms with Gasteiger partial charge < -0.3 is 4.74 Å². The van der Waals surface area contributed by atoms with Crippen LogP contribution >= 0.6 is 0 Å². The summed E-state index contributed by atoms with van der Waals surface area (Å²) in [7, 11) is 0. The zero-order chi connectivity index (χ0) is 19.8. The number of hydrazine groups is 1. The van der Waals surface area contributed by atoms with Crippen LogP contribution in [-0.2, 0) is 14.3 Å². The molecule has 2 heterocycles. The summed E-state index contributed by atoms with van der Waals surface area (Å²) in [5, 5.41) is 1.97. The van der Waals surface area contributed by atoms with Gasteiger partial charge in [-0.1, -0.05) is 25.1 Å². The van der Waals surface area contributed by atoms with Crippen LogP contribution < -0.4 is 10.4 Å². The van der Waals surface area contributed by atoms with Crippen LogP contribution in [0.2, 0.25) is 0 Å². The molecule has 150 valence electrons. The molecule has 1 aromatic rings. The topological polar surface area (TPSA) is 61.9 Å². The van der Waals surface area contributed by atoms with Crippen molar-refractivity contribution >= 4 is 23.1 Å². The highest BCUT2D eigenvalue weighted by molar-refractivity contribution is 5.85. The molecule has 6 nitrogen and oxygen atoms in total.